The molecule has 3 rings (SSSR count). The number of hydrogen-bond acceptors (Lipinski definition) is 6. The van der Waals surface area contributed by atoms with E-state index in [4.69, 9.17) is 5.73 Å². The van der Waals surface area contributed by atoms with Crippen LogP contribution in [0.2, 0.25) is 0 Å². The number of aromatic nitrogens is 4. The van der Waals surface area contributed by atoms with E-state index in [0.717, 1.165) is 11.8 Å². The van der Waals surface area contributed by atoms with Crippen LogP contribution in [-0.2, 0) is 12.7 Å². The number of fused-ring (bicyclic) bond motifs is 1. The molecular formula is C15H13F3N6. The summed E-state index contributed by atoms with van der Waals surface area (Å²) in [6, 6.07) is 4.57. The van der Waals surface area contributed by atoms with Crippen molar-refractivity contribution in [2.45, 2.75) is 19.6 Å². The molecule has 0 unspecified atom stereocenters. The molecule has 0 aliphatic rings. The summed E-state index contributed by atoms with van der Waals surface area (Å²) in [5.74, 6) is 0.324. The zero-order valence-corrected chi connectivity index (χ0v) is 12.6. The molecule has 0 radical (unpaired) electrons. The Morgan fingerprint density at radius 1 is 1.12 bits per heavy atom. The van der Waals surface area contributed by atoms with Crippen LogP contribution in [0.25, 0.3) is 11.0 Å². The monoisotopic (exact) mass is 334 g/mol. The van der Waals surface area contributed by atoms with Gasteiger partial charge in [-0.3, -0.25) is 4.98 Å². The first-order valence-electron chi connectivity index (χ1n) is 7.00. The molecule has 24 heavy (non-hydrogen) atoms. The lowest BCUT2D eigenvalue weighted by molar-refractivity contribution is -0.141. The van der Waals surface area contributed by atoms with Crippen molar-refractivity contribution in [3.05, 3.63) is 47.4 Å². The minimum Gasteiger partial charge on any atom is -0.368 e. The first kappa shape index (κ1) is 15.9. The zero-order valence-electron chi connectivity index (χ0n) is 12.6. The van der Waals surface area contributed by atoms with Gasteiger partial charge in [-0.05, 0) is 24.6 Å². The van der Waals surface area contributed by atoms with Gasteiger partial charge in [-0.2, -0.15) is 23.1 Å². The molecule has 0 aliphatic heterocycles. The molecule has 0 saturated carbocycles. The maximum absolute atomic E-state index is 13.0. The third-order valence-electron chi connectivity index (χ3n) is 3.43. The summed E-state index contributed by atoms with van der Waals surface area (Å²) in [6.45, 7) is 1.72. The molecule has 0 saturated heterocycles. The molecule has 6 nitrogen and oxygen atoms in total. The number of hydrogen-bond donors (Lipinski definition) is 2. The standard InChI is InChI=1S/C15H13F3N6/c1-8-4-6-21-12-10(8)13(24-14(19)23-12)22-7-9-3-2-5-20-11(9)15(16,17)18/h2-6H,7H2,1H3,(H3,19,21,22,23,24). The van der Waals surface area contributed by atoms with Crippen molar-refractivity contribution in [1.29, 1.82) is 0 Å². The van der Waals surface area contributed by atoms with Crippen LogP contribution in [0, 0.1) is 6.92 Å². The number of halogens is 3. The first-order chi connectivity index (χ1) is 11.4. The third kappa shape index (κ3) is 3.05. The van der Waals surface area contributed by atoms with Gasteiger partial charge in [0, 0.05) is 24.5 Å². The van der Waals surface area contributed by atoms with Crippen molar-refractivity contribution in [1.82, 2.24) is 19.9 Å². The quantitative estimate of drug-likeness (QED) is 0.765. The maximum atomic E-state index is 13.0. The molecule has 3 aromatic rings. The lowest BCUT2D eigenvalue weighted by atomic mass is 10.1. The van der Waals surface area contributed by atoms with Crippen LogP contribution in [0.15, 0.2) is 30.6 Å². The fourth-order valence-electron chi connectivity index (χ4n) is 2.37. The second-order valence-corrected chi connectivity index (χ2v) is 5.12. The minimum atomic E-state index is -4.53. The average Bonchev–Trinajstić information content (AvgIpc) is 2.52. The lowest BCUT2D eigenvalue weighted by Crippen LogP contribution is -2.14. The number of aryl methyl sites for hydroxylation is 1. The molecule has 9 heteroatoms. The Balaban J connectivity index is 1.98. The third-order valence-corrected chi connectivity index (χ3v) is 3.43. The summed E-state index contributed by atoms with van der Waals surface area (Å²) in [4.78, 5) is 15.7. The normalized spacial score (nSPS) is 11.7. The molecule has 0 aromatic carbocycles. The Bertz CT molecular complexity index is 894. The Morgan fingerprint density at radius 3 is 2.67 bits per heavy atom. The highest BCUT2D eigenvalue weighted by molar-refractivity contribution is 5.90. The van der Waals surface area contributed by atoms with Gasteiger partial charge in [-0.1, -0.05) is 6.07 Å². The maximum Gasteiger partial charge on any atom is 0.433 e. The van der Waals surface area contributed by atoms with E-state index in [-0.39, 0.29) is 18.1 Å². The largest absolute Gasteiger partial charge is 0.433 e. The zero-order chi connectivity index (χ0) is 17.3. The highest BCUT2D eigenvalue weighted by Gasteiger charge is 2.34. The van der Waals surface area contributed by atoms with Crippen molar-refractivity contribution in [3.8, 4) is 0 Å². The fourth-order valence-corrected chi connectivity index (χ4v) is 2.37. The number of pyridine rings is 2. The second-order valence-electron chi connectivity index (χ2n) is 5.12. The van der Waals surface area contributed by atoms with E-state index in [2.05, 4.69) is 25.3 Å². The lowest BCUT2D eigenvalue weighted by Gasteiger charge is -2.14. The van der Waals surface area contributed by atoms with Crippen LogP contribution < -0.4 is 11.1 Å². The second kappa shape index (κ2) is 5.91. The molecule has 0 atom stereocenters. The SMILES string of the molecule is Cc1ccnc2nc(N)nc(NCc3cccnc3C(F)(F)F)c12. The van der Waals surface area contributed by atoms with Crippen molar-refractivity contribution < 1.29 is 13.2 Å². The number of nitrogens with one attached hydrogen (secondary N) is 1. The Morgan fingerprint density at radius 2 is 1.92 bits per heavy atom. The van der Waals surface area contributed by atoms with Crippen LogP contribution in [0.3, 0.4) is 0 Å². The first-order valence-corrected chi connectivity index (χ1v) is 7.00. The van der Waals surface area contributed by atoms with E-state index < -0.39 is 11.9 Å². The van der Waals surface area contributed by atoms with Crippen molar-refractivity contribution in [2.24, 2.45) is 0 Å². The number of alkyl halides is 3. The van der Waals surface area contributed by atoms with E-state index in [1.54, 1.807) is 12.3 Å². The van der Waals surface area contributed by atoms with E-state index in [0.29, 0.717) is 16.9 Å². The topological polar surface area (TPSA) is 89.6 Å². The predicted molar refractivity (Wildman–Crippen MR) is 83.0 cm³/mol. The highest BCUT2D eigenvalue weighted by atomic mass is 19.4. The molecule has 0 fully saturated rings. The van der Waals surface area contributed by atoms with E-state index in [1.165, 1.54) is 12.1 Å². The van der Waals surface area contributed by atoms with E-state index in [1.807, 2.05) is 6.92 Å². The predicted octanol–water partition coefficient (Wildman–Crippen LogP) is 2.94. The van der Waals surface area contributed by atoms with Crippen molar-refractivity contribution in [3.63, 3.8) is 0 Å². The molecule has 0 spiro atoms. The molecule has 0 amide bonds. The number of nitrogens with zero attached hydrogens (tertiary/aromatic N) is 4. The molecule has 3 heterocycles. The molecule has 3 aromatic heterocycles. The molecular weight excluding hydrogens is 321 g/mol. The summed E-state index contributed by atoms with van der Waals surface area (Å²) in [7, 11) is 0. The van der Waals surface area contributed by atoms with Crippen LogP contribution in [-0.4, -0.2) is 19.9 Å². The molecule has 124 valence electrons. The van der Waals surface area contributed by atoms with Gasteiger partial charge in [0.15, 0.2) is 5.65 Å². The van der Waals surface area contributed by atoms with Crippen molar-refractivity contribution in [2.75, 3.05) is 11.1 Å². The minimum absolute atomic E-state index is 0.00895. The van der Waals surface area contributed by atoms with Gasteiger partial charge in [0.25, 0.3) is 0 Å². The Kier molecular flexibility index (Phi) is 3.92. The summed E-state index contributed by atoms with van der Waals surface area (Å²) in [6.07, 6.45) is -1.84. The smallest absolute Gasteiger partial charge is 0.368 e. The van der Waals surface area contributed by atoms with Gasteiger partial charge in [-0.25, -0.2) is 4.98 Å². The summed E-state index contributed by atoms with van der Waals surface area (Å²) in [5, 5.41) is 3.50. The number of nitrogen functional groups attached to an aromatic ring is 1. The van der Waals surface area contributed by atoms with Crippen molar-refractivity contribution >= 4 is 22.8 Å². The molecule has 0 aliphatic carbocycles. The van der Waals surface area contributed by atoms with Gasteiger partial charge in [0.05, 0.1) is 5.39 Å². The van der Waals surface area contributed by atoms with Crippen LogP contribution in [0.4, 0.5) is 24.9 Å². The van der Waals surface area contributed by atoms with Gasteiger partial charge in [-0.15, -0.1) is 0 Å². The van der Waals surface area contributed by atoms with Gasteiger partial charge < -0.3 is 11.1 Å². The van der Waals surface area contributed by atoms with Gasteiger partial charge in [0.2, 0.25) is 5.95 Å². The molecule has 0 bridgehead atoms. The van der Waals surface area contributed by atoms with E-state index >= 15 is 0 Å². The van der Waals surface area contributed by atoms with Crippen LogP contribution in [0.5, 0.6) is 0 Å². The number of anilines is 2. The fraction of sp³-hybridized carbons (Fsp3) is 0.200. The summed E-state index contributed by atoms with van der Waals surface area (Å²) >= 11 is 0. The Labute approximate surface area is 135 Å². The van der Waals surface area contributed by atoms with Crippen LogP contribution in [0.1, 0.15) is 16.8 Å². The number of nitrogens with two attached hydrogens (primary N) is 1. The average molecular weight is 334 g/mol. The van der Waals surface area contributed by atoms with Gasteiger partial charge >= 0.3 is 6.18 Å². The summed E-state index contributed by atoms with van der Waals surface area (Å²) < 4.78 is 39.0. The Hall–Kier alpha value is -2.97. The van der Waals surface area contributed by atoms with Gasteiger partial charge in [0.1, 0.15) is 11.5 Å². The van der Waals surface area contributed by atoms with E-state index in [9.17, 15) is 13.2 Å². The number of rotatable bonds is 3. The van der Waals surface area contributed by atoms with Crippen LogP contribution >= 0.6 is 0 Å². The summed E-state index contributed by atoms with van der Waals surface area (Å²) in [5.41, 5.74) is 5.95. The molecule has 3 N–H and O–H groups in total. The highest BCUT2D eigenvalue weighted by Crippen LogP contribution is 2.31.